The largest absolute Gasteiger partial charge is 0.480 e. The molecular formula is C22H21FN2O4. The predicted molar refractivity (Wildman–Crippen MR) is 102 cm³/mol. The first-order chi connectivity index (χ1) is 14.0. The number of hydrogen-bond acceptors (Lipinski definition) is 4. The first-order valence-corrected chi connectivity index (χ1v) is 9.82. The highest BCUT2D eigenvalue weighted by atomic mass is 19.1. The van der Waals surface area contributed by atoms with Gasteiger partial charge in [-0.05, 0) is 23.8 Å². The summed E-state index contributed by atoms with van der Waals surface area (Å²) in [6.07, 6.45) is 1.18. The molecule has 0 radical (unpaired) electrons. The maximum atomic E-state index is 13.8. The Kier molecular flexibility index (Phi) is 4.19. The maximum absolute atomic E-state index is 13.8. The van der Waals surface area contributed by atoms with Crippen LogP contribution in [-0.4, -0.2) is 47.6 Å². The van der Waals surface area contributed by atoms with Crippen LogP contribution < -0.4 is 14.8 Å². The van der Waals surface area contributed by atoms with Crippen molar-refractivity contribution in [1.82, 2.24) is 10.2 Å². The van der Waals surface area contributed by atoms with Crippen molar-refractivity contribution >= 4 is 11.8 Å². The summed E-state index contributed by atoms with van der Waals surface area (Å²) in [6.45, 7) is 0.882. The van der Waals surface area contributed by atoms with E-state index in [1.165, 1.54) is 12.1 Å². The van der Waals surface area contributed by atoms with Gasteiger partial charge in [-0.1, -0.05) is 30.3 Å². The van der Waals surface area contributed by atoms with Gasteiger partial charge in [0.2, 0.25) is 0 Å². The minimum Gasteiger partial charge on any atom is -0.480 e. The number of fused-ring (bicyclic) bond motifs is 1. The number of amides is 2. The van der Waals surface area contributed by atoms with Crippen molar-refractivity contribution in [3.63, 3.8) is 0 Å². The molecule has 6 nitrogen and oxygen atoms in total. The number of rotatable bonds is 5. The molecule has 5 rings (SSSR count). The van der Waals surface area contributed by atoms with Crippen LogP contribution in [0.4, 0.5) is 4.39 Å². The summed E-state index contributed by atoms with van der Waals surface area (Å²) in [6, 6.07) is 13.6. The van der Waals surface area contributed by atoms with E-state index in [2.05, 4.69) is 5.32 Å². The van der Waals surface area contributed by atoms with Gasteiger partial charge in [0.25, 0.3) is 11.8 Å². The minimum absolute atomic E-state index is 0.0598. The number of ether oxygens (including phenoxy) is 2. The number of benzene rings is 2. The molecule has 3 aliphatic rings. The quantitative estimate of drug-likeness (QED) is 0.840. The zero-order valence-electron chi connectivity index (χ0n) is 15.8. The van der Waals surface area contributed by atoms with Crippen LogP contribution in [0.2, 0.25) is 0 Å². The third-order valence-electron chi connectivity index (χ3n) is 5.71. The van der Waals surface area contributed by atoms with Crippen molar-refractivity contribution < 1.29 is 23.5 Å². The zero-order chi connectivity index (χ0) is 20.0. The molecule has 1 N–H and O–H groups in total. The van der Waals surface area contributed by atoms with Gasteiger partial charge in [-0.3, -0.25) is 9.59 Å². The van der Waals surface area contributed by atoms with Gasteiger partial charge in [0.05, 0.1) is 6.04 Å². The summed E-state index contributed by atoms with van der Waals surface area (Å²) >= 11 is 0. The van der Waals surface area contributed by atoms with Crippen molar-refractivity contribution in [2.24, 2.45) is 0 Å². The number of carbonyl (C=O) groups is 2. The lowest BCUT2D eigenvalue weighted by Gasteiger charge is -2.41. The van der Waals surface area contributed by atoms with Crippen LogP contribution >= 0.6 is 0 Å². The second-order valence-electron chi connectivity index (χ2n) is 7.86. The van der Waals surface area contributed by atoms with Gasteiger partial charge in [0.15, 0.2) is 23.3 Å². The molecule has 0 spiro atoms. The molecule has 2 fully saturated rings. The molecule has 1 aliphatic carbocycles. The van der Waals surface area contributed by atoms with E-state index in [4.69, 9.17) is 9.47 Å². The van der Waals surface area contributed by atoms with Crippen LogP contribution in [0, 0.1) is 5.82 Å². The minimum atomic E-state index is -0.997. The summed E-state index contributed by atoms with van der Waals surface area (Å²) < 4.78 is 25.3. The van der Waals surface area contributed by atoms with Crippen LogP contribution in [0.3, 0.4) is 0 Å². The molecule has 2 aliphatic heterocycles. The molecule has 2 amide bonds. The molecule has 0 aromatic heterocycles. The zero-order valence-corrected chi connectivity index (χ0v) is 15.8. The van der Waals surface area contributed by atoms with E-state index in [-0.39, 0.29) is 23.6 Å². The molecule has 1 atom stereocenters. The Hall–Kier alpha value is -3.09. The molecule has 2 heterocycles. The lowest BCUT2D eigenvalue weighted by molar-refractivity contribution is -0.145. The monoisotopic (exact) mass is 396 g/mol. The standard InChI is InChI=1S/C22H21FN2O4/c23-16-6-2-4-8-18(16)29-22(9-10-22)21(27)24-15-12-25(13-15)20(26)19-11-14-5-1-3-7-17(14)28-19/h1-8,15,19H,9-13H2,(H,24,27). The normalized spacial score (nSPS) is 21.6. The van der Waals surface area contributed by atoms with Crippen LogP contribution in [0.5, 0.6) is 11.5 Å². The van der Waals surface area contributed by atoms with E-state index in [1.54, 1.807) is 17.0 Å². The van der Waals surface area contributed by atoms with Gasteiger partial charge >= 0.3 is 0 Å². The Balaban J connectivity index is 1.13. The van der Waals surface area contributed by atoms with Gasteiger partial charge in [-0.15, -0.1) is 0 Å². The smallest absolute Gasteiger partial charge is 0.264 e. The number of hydrogen-bond donors (Lipinski definition) is 1. The van der Waals surface area contributed by atoms with Crippen molar-refractivity contribution in [2.75, 3.05) is 13.1 Å². The van der Waals surface area contributed by atoms with Crippen molar-refractivity contribution in [3.05, 3.63) is 59.9 Å². The molecular weight excluding hydrogens is 375 g/mol. The Morgan fingerprint density at radius 2 is 1.83 bits per heavy atom. The topological polar surface area (TPSA) is 67.9 Å². The first kappa shape index (κ1) is 18.0. The van der Waals surface area contributed by atoms with Crippen LogP contribution in [0.25, 0.3) is 0 Å². The number of para-hydroxylation sites is 2. The Bertz CT molecular complexity index is 944. The van der Waals surface area contributed by atoms with Gasteiger partial charge in [0, 0.05) is 32.4 Å². The Morgan fingerprint density at radius 1 is 1.10 bits per heavy atom. The molecule has 1 unspecified atom stereocenters. The highest BCUT2D eigenvalue weighted by molar-refractivity contribution is 5.89. The predicted octanol–water partition coefficient (Wildman–Crippen LogP) is 2.07. The van der Waals surface area contributed by atoms with E-state index in [0.29, 0.717) is 32.4 Å². The number of likely N-dealkylation sites (tertiary alicyclic amines) is 1. The molecule has 2 aromatic rings. The van der Waals surface area contributed by atoms with E-state index in [9.17, 15) is 14.0 Å². The lowest BCUT2D eigenvalue weighted by atomic mass is 10.0. The summed E-state index contributed by atoms with van der Waals surface area (Å²) in [7, 11) is 0. The average Bonchev–Trinajstić information content (AvgIpc) is 3.34. The fraction of sp³-hybridized carbons (Fsp3) is 0.364. The van der Waals surface area contributed by atoms with Gasteiger partial charge in [-0.25, -0.2) is 4.39 Å². The second-order valence-corrected chi connectivity index (χ2v) is 7.86. The fourth-order valence-electron chi connectivity index (χ4n) is 3.82. The molecule has 1 saturated heterocycles. The lowest BCUT2D eigenvalue weighted by Crippen LogP contribution is -2.64. The molecule has 29 heavy (non-hydrogen) atoms. The maximum Gasteiger partial charge on any atom is 0.264 e. The molecule has 150 valence electrons. The number of nitrogens with one attached hydrogen (secondary N) is 1. The first-order valence-electron chi connectivity index (χ1n) is 9.82. The Morgan fingerprint density at radius 3 is 2.55 bits per heavy atom. The molecule has 7 heteroatoms. The van der Waals surface area contributed by atoms with Gasteiger partial charge in [0.1, 0.15) is 5.75 Å². The third-order valence-corrected chi connectivity index (χ3v) is 5.71. The van der Waals surface area contributed by atoms with Crippen LogP contribution in [0.1, 0.15) is 18.4 Å². The molecule has 2 aromatic carbocycles. The number of carbonyl (C=O) groups excluding carboxylic acids is 2. The van der Waals surface area contributed by atoms with Crippen molar-refractivity contribution in [2.45, 2.75) is 37.0 Å². The van der Waals surface area contributed by atoms with Crippen LogP contribution in [-0.2, 0) is 16.0 Å². The summed E-state index contributed by atoms with van der Waals surface area (Å²) in [5.74, 6) is 0.0584. The van der Waals surface area contributed by atoms with Gasteiger partial charge < -0.3 is 19.7 Å². The molecule has 0 bridgehead atoms. The summed E-state index contributed by atoms with van der Waals surface area (Å²) in [4.78, 5) is 27.0. The van der Waals surface area contributed by atoms with E-state index in [1.807, 2.05) is 24.3 Å². The second kappa shape index (κ2) is 6.76. The van der Waals surface area contributed by atoms with E-state index in [0.717, 1.165) is 11.3 Å². The summed E-state index contributed by atoms with van der Waals surface area (Å²) in [5, 5.41) is 2.93. The van der Waals surface area contributed by atoms with E-state index >= 15 is 0 Å². The summed E-state index contributed by atoms with van der Waals surface area (Å²) in [5.41, 5.74) is 0.0419. The van der Waals surface area contributed by atoms with E-state index < -0.39 is 17.5 Å². The SMILES string of the molecule is O=C(C1Cc2ccccc2O1)N1CC(NC(=O)C2(Oc3ccccc3F)CC2)C1. The van der Waals surface area contributed by atoms with Gasteiger partial charge in [-0.2, -0.15) is 0 Å². The fourth-order valence-corrected chi connectivity index (χ4v) is 3.82. The number of halogens is 1. The average molecular weight is 396 g/mol. The number of nitrogens with zero attached hydrogens (tertiary/aromatic N) is 1. The highest BCUT2D eigenvalue weighted by Crippen LogP contribution is 2.41. The van der Waals surface area contributed by atoms with Crippen LogP contribution in [0.15, 0.2) is 48.5 Å². The molecule has 1 saturated carbocycles. The Labute approximate surface area is 167 Å². The van der Waals surface area contributed by atoms with Crippen molar-refractivity contribution in [1.29, 1.82) is 0 Å². The van der Waals surface area contributed by atoms with Crippen molar-refractivity contribution in [3.8, 4) is 11.5 Å². The highest BCUT2D eigenvalue weighted by Gasteiger charge is 2.54. The third kappa shape index (κ3) is 3.30.